The quantitative estimate of drug-likeness (QED) is 0.178. The van der Waals surface area contributed by atoms with Crippen molar-refractivity contribution in [3.05, 3.63) is 194 Å². The van der Waals surface area contributed by atoms with Crippen molar-refractivity contribution in [1.29, 1.82) is 0 Å². The third kappa shape index (κ3) is 4.82. The lowest BCUT2D eigenvalue weighted by molar-refractivity contribution is 0.670. The van der Waals surface area contributed by atoms with Crippen LogP contribution in [0.1, 0.15) is 0 Å². The summed E-state index contributed by atoms with van der Waals surface area (Å²) >= 11 is 0. The molecule has 3 heteroatoms. The molecule has 0 saturated heterocycles. The van der Waals surface area contributed by atoms with Gasteiger partial charge in [0.1, 0.15) is 11.2 Å². The SMILES string of the molecule is c1ccc(-c2ccc(N(c3ccccc3)c3ccc4c(oc5ccccc54)c3-c3ccc(-n4c5ccccc5c5ccccc54)cc3)cc2)cc1. The Bertz CT molecular complexity index is 2780. The minimum atomic E-state index is 0.875. The predicted molar refractivity (Wildman–Crippen MR) is 214 cm³/mol. The second-order valence-electron chi connectivity index (χ2n) is 12.9. The Morgan fingerprint density at radius 1 is 0.373 bits per heavy atom. The molecule has 0 atom stereocenters. The van der Waals surface area contributed by atoms with Gasteiger partial charge in [-0.15, -0.1) is 0 Å². The van der Waals surface area contributed by atoms with Gasteiger partial charge in [0, 0.05) is 44.2 Å². The Morgan fingerprint density at radius 3 is 1.59 bits per heavy atom. The first-order chi connectivity index (χ1) is 25.3. The van der Waals surface area contributed by atoms with E-state index in [1.807, 2.05) is 6.07 Å². The van der Waals surface area contributed by atoms with Gasteiger partial charge >= 0.3 is 0 Å². The summed E-state index contributed by atoms with van der Waals surface area (Å²) in [6.45, 7) is 0. The summed E-state index contributed by atoms with van der Waals surface area (Å²) in [5.74, 6) is 0. The highest BCUT2D eigenvalue weighted by Gasteiger charge is 2.23. The van der Waals surface area contributed by atoms with E-state index in [1.165, 1.54) is 32.9 Å². The molecule has 0 bridgehead atoms. The van der Waals surface area contributed by atoms with Crippen LogP contribution in [0.25, 0.3) is 71.7 Å². The first-order valence-corrected chi connectivity index (χ1v) is 17.4. The third-order valence-corrected chi connectivity index (χ3v) is 10.0. The van der Waals surface area contributed by atoms with Gasteiger partial charge in [-0.1, -0.05) is 127 Å². The Kier molecular flexibility index (Phi) is 6.81. The summed E-state index contributed by atoms with van der Waals surface area (Å²) in [6.07, 6.45) is 0. The van der Waals surface area contributed by atoms with Gasteiger partial charge in [-0.3, -0.25) is 0 Å². The maximum Gasteiger partial charge on any atom is 0.145 e. The number of furan rings is 1. The molecule has 0 aliphatic carbocycles. The standard InChI is InChI=1S/C48H32N2O/c1-3-13-33(14-4-1)34-23-27-37(28-24-34)49(36-15-5-2-6-16-36)45-32-31-42-41-19-9-12-22-46(41)51-48(42)47(45)35-25-29-38(30-26-35)50-43-20-10-7-17-39(43)40-18-8-11-21-44(40)50/h1-32H. The molecule has 2 aromatic heterocycles. The number of benzene rings is 8. The fraction of sp³-hybridized carbons (Fsp3) is 0. The molecule has 0 fully saturated rings. The van der Waals surface area contributed by atoms with Crippen LogP contribution in [0.3, 0.4) is 0 Å². The zero-order chi connectivity index (χ0) is 33.7. The fourth-order valence-electron chi connectivity index (χ4n) is 7.66. The number of hydrogen-bond acceptors (Lipinski definition) is 2. The van der Waals surface area contributed by atoms with E-state index in [1.54, 1.807) is 0 Å². The maximum atomic E-state index is 6.76. The number of hydrogen-bond donors (Lipinski definition) is 0. The zero-order valence-corrected chi connectivity index (χ0v) is 27.8. The molecule has 0 radical (unpaired) electrons. The summed E-state index contributed by atoms with van der Waals surface area (Å²) in [6, 6.07) is 69.0. The number of anilines is 3. The van der Waals surface area contributed by atoms with Gasteiger partial charge in [-0.05, 0) is 83.4 Å². The van der Waals surface area contributed by atoms with Crippen molar-refractivity contribution in [3.8, 4) is 27.9 Å². The molecule has 8 aromatic carbocycles. The molecule has 240 valence electrons. The molecule has 0 aliphatic heterocycles. The van der Waals surface area contributed by atoms with Crippen molar-refractivity contribution in [3.63, 3.8) is 0 Å². The van der Waals surface area contributed by atoms with Crippen molar-refractivity contribution < 1.29 is 4.42 Å². The summed E-state index contributed by atoms with van der Waals surface area (Å²) < 4.78 is 9.13. The lowest BCUT2D eigenvalue weighted by Gasteiger charge is -2.28. The van der Waals surface area contributed by atoms with Gasteiger partial charge in [0.25, 0.3) is 0 Å². The van der Waals surface area contributed by atoms with E-state index in [0.29, 0.717) is 0 Å². The summed E-state index contributed by atoms with van der Waals surface area (Å²) in [7, 11) is 0. The molecule has 3 nitrogen and oxygen atoms in total. The van der Waals surface area contributed by atoms with Crippen LogP contribution in [0, 0.1) is 0 Å². The van der Waals surface area contributed by atoms with E-state index in [0.717, 1.165) is 55.8 Å². The van der Waals surface area contributed by atoms with E-state index < -0.39 is 0 Å². The number of para-hydroxylation sites is 4. The van der Waals surface area contributed by atoms with Crippen LogP contribution in [0.15, 0.2) is 199 Å². The monoisotopic (exact) mass is 652 g/mol. The van der Waals surface area contributed by atoms with Crippen molar-refractivity contribution in [2.45, 2.75) is 0 Å². The first kappa shape index (κ1) is 29.1. The average Bonchev–Trinajstić information content (AvgIpc) is 3.75. The topological polar surface area (TPSA) is 21.3 Å². The Hall–Kier alpha value is -6.84. The van der Waals surface area contributed by atoms with E-state index in [4.69, 9.17) is 4.42 Å². The minimum Gasteiger partial charge on any atom is -0.455 e. The zero-order valence-electron chi connectivity index (χ0n) is 27.8. The average molecular weight is 653 g/mol. The van der Waals surface area contributed by atoms with Gasteiger partial charge in [0.05, 0.1) is 16.7 Å². The smallest absolute Gasteiger partial charge is 0.145 e. The van der Waals surface area contributed by atoms with Gasteiger partial charge in [-0.2, -0.15) is 0 Å². The van der Waals surface area contributed by atoms with Crippen LogP contribution in [-0.2, 0) is 0 Å². The molecule has 0 amide bonds. The largest absolute Gasteiger partial charge is 0.455 e. The molecule has 0 aliphatic rings. The second-order valence-corrected chi connectivity index (χ2v) is 12.9. The van der Waals surface area contributed by atoms with Crippen LogP contribution in [0.5, 0.6) is 0 Å². The molecule has 0 N–H and O–H groups in total. The molecule has 0 unspecified atom stereocenters. The highest BCUT2D eigenvalue weighted by Crippen LogP contribution is 2.47. The molecule has 0 saturated carbocycles. The highest BCUT2D eigenvalue weighted by atomic mass is 16.3. The van der Waals surface area contributed by atoms with Crippen LogP contribution >= 0.6 is 0 Å². The van der Waals surface area contributed by atoms with E-state index >= 15 is 0 Å². The second kappa shape index (κ2) is 11.9. The fourth-order valence-corrected chi connectivity index (χ4v) is 7.66. The van der Waals surface area contributed by atoms with Gasteiger partial charge < -0.3 is 13.9 Å². The Morgan fingerprint density at radius 2 is 0.902 bits per heavy atom. The molecular formula is C48H32N2O. The highest BCUT2D eigenvalue weighted by molar-refractivity contribution is 6.13. The summed E-state index contributed by atoms with van der Waals surface area (Å²) in [4.78, 5) is 2.34. The van der Waals surface area contributed by atoms with E-state index in [-0.39, 0.29) is 0 Å². The lowest BCUT2D eigenvalue weighted by Crippen LogP contribution is -2.11. The van der Waals surface area contributed by atoms with Crippen molar-refractivity contribution in [2.75, 3.05) is 4.90 Å². The van der Waals surface area contributed by atoms with Crippen LogP contribution in [0.4, 0.5) is 17.1 Å². The van der Waals surface area contributed by atoms with Crippen molar-refractivity contribution >= 4 is 60.8 Å². The van der Waals surface area contributed by atoms with Crippen molar-refractivity contribution in [1.82, 2.24) is 4.57 Å². The molecule has 0 spiro atoms. The number of aromatic nitrogens is 1. The van der Waals surface area contributed by atoms with Crippen LogP contribution in [0.2, 0.25) is 0 Å². The minimum absolute atomic E-state index is 0.875. The summed E-state index contributed by atoms with van der Waals surface area (Å²) in [5, 5.41) is 4.72. The Labute approximate surface area is 295 Å². The van der Waals surface area contributed by atoms with E-state index in [2.05, 4.69) is 198 Å². The number of rotatable bonds is 6. The number of nitrogens with zero attached hydrogens (tertiary/aromatic N) is 2. The first-order valence-electron chi connectivity index (χ1n) is 17.4. The summed E-state index contributed by atoms with van der Waals surface area (Å²) in [5.41, 5.74) is 13.0. The molecular weight excluding hydrogens is 621 g/mol. The van der Waals surface area contributed by atoms with Crippen molar-refractivity contribution in [2.24, 2.45) is 0 Å². The molecule has 51 heavy (non-hydrogen) atoms. The van der Waals surface area contributed by atoms with Gasteiger partial charge in [-0.25, -0.2) is 0 Å². The molecule has 10 aromatic rings. The third-order valence-electron chi connectivity index (χ3n) is 10.0. The van der Waals surface area contributed by atoms with Crippen LogP contribution < -0.4 is 4.90 Å². The maximum absolute atomic E-state index is 6.76. The number of fused-ring (bicyclic) bond motifs is 6. The van der Waals surface area contributed by atoms with Gasteiger partial charge in [0.2, 0.25) is 0 Å². The molecule has 2 heterocycles. The lowest BCUT2D eigenvalue weighted by atomic mass is 9.98. The predicted octanol–water partition coefficient (Wildman–Crippen LogP) is 13.5. The Balaban J connectivity index is 1.19. The molecule has 10 rings (SSSR count). The van der Waals surface area contributed by atoms with Crippen LogP contribution in [-0.4, -0.2) is 4.57 Å². The van der Waals surface area contributed by atoms with Gasteiger partial charge in [0.15, 0.2) is 0 Å². The normalized spacial score (nSPS) is 11.5. The van der Waals surface area contributed by atoms with E-state index in [9.17, 15) is 0 Å².